The first-order chi connectivity index (χ1) is 11.5. The fraction of sp³-hybridized carbons (Fsp3) is 0.176. The highest BCUT2D eigenvalue weighted by Crippen LogP contribution is 2.29. The summed E-state index contributed by atoms with van der Waals surface area (Å²) in [5.41, 5.74) is 0.181. The van der Waals surface area contributed by atoms with Crippen LogP contribution in [0.25, 0.3) is 0 Å². The molecule has 0 radical (unpaired) electrons. The highest BCUT2D eigenvalue weighted by atomic mass is 19.1. The molecule has 0 spiro atoms. The number of nitrogens with one attached hydrogen (secondary N) is 1. The van der Waals surface area contributed by atoms with Crippen molar-refractivity contribution >= 4 is 23.2 Å². The number of carbonyl (C=O) groups is 2. The van der Waals surface area contributed by atoms with Crippen molar-refractivity contribution in [2.24, 2.45) is 5.92 Å². The van der Waals surface area contributed by atoms with Gasteiger partial charge in [-0.3, -0.25) is 9.59 Å². The van der Waals surface area contributed by atoms with Crippen LogP contribution < -0.4 is 10.2 Å². The molecule has 124 valence electrons. The molecular formula is C17H14F2N2O3. The monoisotopic (exact) mass is 332 g/mol. The van der Waals surface area contributed by atoms with Gasteiger partial charge in [-0.15, -0.1) is 0 Å². The summed E-state index contributed by atoms with van der Waals surface area (Å²) in [6, 6.07) is 9.05. The average molecular weight is 332 g/mol. The molecule has 2 aromatic carbocycles. The number of phenolic OH excluding ortho intramolecular Hbond substituents is 1. The summed E-state index contributed by atoms with van der Waals surface area (Å²) in [5, 5.41) is 11.9. The van der Waals surface area contributed by atoms with E-state index in [0.29, 0.717) is 5.69 Å². The summed E-state index contributed by atoms with van der Waals surface area (Å²) in [5.74, 6) is -3.10. The molecule has 1 atom stereocenters. The van der Waals surface area contributed by atoms with E-state index in [9.17, 15) is 23.5 Å². The fourth-order valence-corrected chi connectivity index (χ4v) is 2.62. The zero-order valence-electron chi connectivity index (χ0n) is 12.5. The zero-order chi connectivity index (χ0) is 17.3. The Morgan fingerprint density at radius 3 is 2.54 bits per heavy atom. The third kappa shape index (κ3) is 3.05. The van der Waals surface area contributed by atoms with Crippen LogP contribution in [0.1, 0.15) is 6.42 Å². The number of aromatic hydroxyl groups is 1. The fourth-order valence-electron chi connectivity index (χ4n) is 2.62. The van der Waals surface area contributed by atoms with Gasteiger partial charge < -0.3 is 15.3 Å². The van der Waals surface area contributed by atoms with Crippen molar-refractivity contribution in [3.63, 3.8) is 0 Å². The van der Waals surface area contributed by atoms with Crippen LogP contribution in [-0.2, 0) is 9.59 Å². The van der Waals surface area contributed by atoms with Gasteiger partial charge in [-0.05, 0) is 36.4 Å². The molecule has 2 aromatic rings. The van der Waals surface area contributed by atoms with Crippen LogP contribution >= 0.6 is 0 Å². The van der Waals surface area contributed by atoms with Gasteiger partial charge in [-0.1, -0.05) is 6.07 Å². The summed E-state index contributed by atoms with van der Waals surface area (Å²) in [4.78, 5) is 25.7. The van der Waals surface area contributed by atoms with Gasteiger partial charge in [0.05, 0.1) is 5.92 Å². The Bertz CT molecular complexity index is 773. The number of para-hydroxylation sites is 1. The van der Waals surface area contributed by atoms with Gasteiger partial charge >= 0.3 is 0 Å². The van der Waals surface area contributed by atoms with E-state index < -0.39 is 23.5 Å². The molecule has 7 heteroatoms. The van der Waals surface area contributed by atoms with Crippen LogP contribution in [0, 0.1) is 17.6 Å². The molecule has 0 saturated carbocycles. The summed E-state index contributed by atoms with van der Waals surface area (Å²) in [6.45, 7) is 0.103. The predicted molar refractivity (Wildman–Crippen MR) is 83.6 cm³/mol. The number of hydrogen-bond acceptors (Lipinski definition) is 3. The van der Waals surface area contributed by atoms with E-state index in [0.717, 1.165) is 6.07 Å². The van der Waals surface area contributed by atoms with Crippen molar-refractivity contribution in [3.05, 3.63) is 54.1 Å². The number of anilines is 2. The summed E-state index contributed by atoms with van der Waals surface area (Å²) < 4.78 is 26.6. The Hall–Kier alpha value is -2.96. The number of benzene rings is 2. The van der Waals surface area contributed by atoms with Gasteiger partial charge in [0.25, 0.3) is 0 Å². The van der Waals surface area contributed by atoms with Crippen LogP contribution in [0.4, 0.5) is 20.2 Å². The molecule has 1 heterocycles. The minimum absolute atomic E-state index is 0.0432. The Balaban J connectivity index is 1.73. The lowest BCUT2D eigenvalue weighted by atomic mass is 10.1. The second-order valence-corrected chi connectivity index (χ2v) is 5.51. The molecule has 0 bridgehead atoms. The number of hydrogen-bond donors (Lipinski definition) is 2. The van der Waals surface area contributed by atoms with Crippen LogP contribution in [0.15, 0.2) is 42.5 Å². The van der Waals surface area contributed by atoms with Crippen molar-refractivity contribution in [1.82, 2.24) is 0 Å². The first-order valence-corrected chi connectivity index (χ1v) is 7.30. The molecule has 1 aliphatic heterocycles. The minimum Gasteiger partial charge on any atom is -0.506 e. The zero-order valence-corrected chi connectivity index (χ0v) is 12.5. The Morgan fingerprint density at radius 2 is 1.88 bits per heavy atom. The molecule has 5 nitrogen and oxygen atoms in total. The lowest BCUT2D eigenvalue weighted by Crippen LogP contribution is -2.28. The maximum Gasteiger partial charge on any atom is 0.229 e. The van der Waals surface area contributed by atoms with Crippen molar-refractivity contribution < 1.29 is 23.5 Å². The van der Waals surface area contributed by atoms with Gasteiger partial charge in [0.2, 0.25) is 11.8 Å². The Kier molecular flexibility index (Phi) is 4.16. The third-order valence-corrected chi connectivity index (χ3v) is 3.87. The summed E-state index contributed by atoms with van der Waals surface area (Å²) in [7, 11) is 0. The molecule has 2 N–H and O–H groups in total. The van der Waals surface area contributed by atoms with Gasteiger partial charge in [0.1, 0.15) is 17.3 Å². The Morgan fingerprint density at radius 1 is 1.17 bits per heavy atom. The molecule has 0 aliphatic carbocycles. The molecule has 0 unspecified atom stereocenters. The Labute approximate surface area is 136 Å². The van der Waals surface area contributed by atoms with Crippen LogP contribution in [0.2, 0.25) is 0 Å². The molecule has 2 amide bonds. The van der Waals surface area contributed by atoms with E-state index >= 15 is 0 Å². The van der Waals surface area contributed by atoms with E-state index in [1.165, 1.54) is 41.3 Å². The van der Waals surface area contributed by atoms with Gasteiger partial charge in [-0.2, -0.15) is 0 Å². The minimum atomic E-state index is -0.761. The molecule has 0 aromatic heterocycles. The van der Waals surface area contributed by atoms with E-state index in [1.54, 1.807) is 0 Å². The number of halogens is 2. The van der Waals surface area contributed by atoms with Crippen molar-refractivity contribution in [1.29, 1.82) is 0 Å². The molecule has 24 heavy (non-hydrogen) atoms. The van der Waals surface area contributed by atoms with Gasteiger partial charge in [0.15, 0.2) is 5.82 Å². The molecule has 1 saturated heterocycles. The van der Waals surface area contributed by atoms with Crippen molar-refractivity contribution in [2.45, 2.75) is 6.42 Å². The van der Waals surface area contributed by atoms with Gasteiger partial charge in [0, 0.05) is 18.7 Å². The molecule has 1 aliphatic rings. The SMILES string of the molecule is O=C(Nc1c(O)cccc1F)[C@H]1CC(=O)N(c2ccc(F)cc2)C1. The summed E-state index contributed by atoms with van der Waals surface area (Å²) in [6.07, 6.45) is -0.0432. The lowest BCUT2D eigenvalue weighted by Gasteiger charge is -2.17. The molecule has 1 fully saturated rings. The number of amides is 2. The van der Waals surface area contributed by atoms with E-state index in [4.69, 9.17) is 0 Å². The third-order valence-electron chi connectivity index (χ3n) is 3.87. The van der Waals surface area contributed by atoms with Crippen LogP contribution in [0.5, 0.6) is 5.75 Å². The normalized spacial score (nSPS) is 17.2. The van der Waals surface area contributed by atoms with E-state index in [1.807, 2.05) is 0 Å². The highest BCUT2D eigenvalue weighted by Gasteiger charge is 2.35. The van der Waals surface area contributed by atoms with Crippen molar-refractivity contribution in [2.75, 3.05) is 16.8 Å². The lowest BCUT2D eigenvalue weighted by molar-refractivity contribution is -0.122. The smallest absolute Gasteiger partial charge is 0.229 e. The number of rotatable bonds is 3. The number of carbonyl (C=O) groups excluding carboxylic acids is 2. The predicted octanol–water partition coefficient (Wildman–Crippen LogP) is 2.66. The first kappa shape index (κ1) is 15.9. The second kappa shape index (κ2) is 6.27. The van der Waals surface area contributed by atoms with E-state index in [-0.39, 0.29) is 30.3 Å². The summed E-state index contributed by atoms with van der Waals surface area (Å²) >= 11 is 0. The van der Waals surface area contributed by atoms with Crippen LogP contribution in [-0.4, -0.2) is 23.5 Å². The maximum atomic E-state index is 13.7. The quantitative estimate of drug-likeness (QED) is 0.849. The number of nitrogens with zero attached hydrogens (tertiary/aromatic N) is 1. The molecular weight excluding hydrogens is 318 g/mol. The first-order valence-electron chi connectivity index (χ1n) is 7.30. The maximum absolute atomic E-state index is 13.7. The standard InChI is InChI=1S/C17H14F2N2O3/c18-11-4-6-12(7-5-11)21-9-10(8-15(21)23)17(24)20-16-13(19)2-1-3-14(16)22/h1-7,10,22H,8-9H2,(H,20,24)/t10-/m0/s1. The topological polar surface area (TPSA) is 69.6 Å². The molecule has 3 rings (SSSR count). The second-order valence-electron chi connectivity index (χ2n) is 5.51. The van der Waals surface area contributed by atoms with Crippen molar-refractivity contribution in [3.8, 4) is 5.75 Å². The number of phenols is 1. The highest BCUT2D eigenvalue weighted by molar-refractivity contribution is 6.03. The average Bonchev–Trinajstić information content (AvgIpc) is 2.94. The van der Waals surface area contributed by atoms with Gasteiger partial charge in [-0.25, -0.2) is 8.78 Å². The largest absolute Gasteiger partial charge is 0.506 e. The van der Waals surface area contributed by atoms with Crippen LogP contribution in [0.3, 0.4) is 0 Å². The van der Waals surface area contributed by atoms with E-state index in [2.05, 4.69) is 5.32 Å².